The number of carbonyl (C=O) groups is 1. The minimum Gasteiger partial charge on any atom is -0.486 e. The molecule has 0 aliphatic carbocycles. The summed E-state index contributed by atoms with van der Waals surface area (Å²) in [7, 11) is 1.75. The van der Waals surface area contributed by atoms with Gasteiger partial charge in [0.2, 0.25) is 6.10 Å². The van der Waals surface area contributed by atoms with Gasteiger partial charge in [-0.1, -0.05) is 18.2 Å². The fourth-order valence-corrected chi connectivity index (χ4v) is 2.92. The van der Waals surface area contributed by atoms with Gasteiger partial charge in [0.1, 0.15) is 19.8 Å². The number of ether oxygens (including phenoxy) is 4. The van der Waals surface area contributed by atoms with E-state index < -0.39 is 6.10 Å². The van der Waals surface area contributed by atoms with E-state index in [-0.39, 0.29) is 12.5 Å². The van der Waals surface area contributed by atoms with Crippen molar-refractivity contribution in [2.45, 2.75) is 12.6 Å². The summed E-state index contributed by atoms with van der Waals surface area (Å²) in [4.78, 5) is 14.3. The van der Waals surface area contributed by atoms with Crippen molar-refractivity contribution in [2.24, 2.45) is 0 Å². The Morgan fingerprint density at radius 3 is 2.56 bits per heavy atom. The van der Waals surface area contributed by atoms with E-state index >= 15 is 0 Å². The van der Waals surface area contributed by atoms with Gasteiger partial charge in [-0.3, -0.25) is 4.79 Å². The van der Waals surface area contributed by atoms with Gasteiger partial charge >= 0.3 is 0 Å². The summed E-state index contributed by atoms with van der Waals surface area (Å²) < 4.78 is 22.5. The summed E-state index contributed by atoms with van der Waals surface area (Å²) >= 11 is 0. The molecule has 2 aliphatic rings. The van der Waals surface area contributed by atoms with Crippen molar-refractivity contribution in [1.82, 2.24) is 4.90 Å². The maximum absolute atomic E-state index is 12.7. The topological polar surface area (TPSA) is 57.2 Å². The highest BCUT2D eigenvalue weighted by Gasteiger charge is 2.29. The van der Waals surface area contributed by atoms with Gasteiger partial charge in [-0.2, -0.15) is 0 Å². The highest BCUT2D eigenvalue weighted by Crippen LogP contribution is 2.32. The van der Waals surface area contributed by atoms with Crippen LogP contribution in [0.15, 0.2) is 42.5 Å². The molecule has 2 aliphatic heterocycles. The van der Waals surface area contributed by atoms with E-state index in [1.165, 1.54) is 0 Å². The summed E-state index contributed by atoms with van der Waals surface area (Å²) in [6, 6.07) is 13.1. The third kappa shape index (κ3) is 3.20. The summed E-state index contributed by atoms with van der Waals surface area (Å²) in [6.45, 7) is 1.77. The smallest absolute Gasteiger partial charge is 0.267 e. The molecule has 0 bridgehead atoms. The molecule has 0 saturated heterocycles. The van der Waals surface area contributed by atoms with Crippen LogP contribution in [0.3, 0.4) is 0 Å². The lowest BCUT2D eigenvalue weighted by Crippen LogP contribution is -2.44. The molecule has 1 atom stereocenters. The standard InChI is InChI=1S/C19H19NO5/c1-20(11-13-6-7-15-17(10-13)23-9-8-22-15)19(21)18-12-24-14-4-2-3-5-16(14)25-18/h2-7,10,18H,8-9,11-12H2,1H3/t18-/m0/s1. The number of rotatable bonds is 3. The van der Waals surface area contributed by atoms with Gasteiger partial charge in [0.15, 0.2) is 23.0 Å². The van der Waals surface area contributed by atoms with E-state index in [1.54, 1.807) is 18.0 Å². The normalized spacial score (nSPS) is 17.7. The molecule has 0 unspecified atom stereocenters. The molecule has 25 heavy (non-hydrogen) atoms. The minimum atomic E-state index is -0.642. The molecule has 2 heterocycles. The SMILES string of the molecule is CN(Cc1ccc2c(c1)OCCO2)C(=O)[C@@H]1COc2ccccc2O1. The quantitative estimate of drug-likeness (QED) is 0.857. The number of benzene rings is 2. The Labute approximate surface area is 145 Å². The van der Waals surface area contributed by atoms with Gasteiger partial charge in [0.25, 0.3) is 5.91 Å². The molecule has 2 aromatic rings. The Hall–Kier alpha value is -2.89. The van der Waals surface area contributed by atoms with Crippen LogP contribution in [0.1, 0.15) is 5.56 Å². The molecule has 6 nitrogen and oxygen atoms in total. The van der Waals surface area contributed by atoms with Gasteiger partial charge in [-0.25, -0.2) is 0 Å². The zero-order valence-corrected chi connectivity index (χ0v) is 13.9. The number of fused-ring (bicyclic) bond motifs is 2. The lowest BCUT2D eigenvalue weighted by Gasteiger charge is -2.29. The van der Waals surface area contributed by atoms with Crippen molar-refractivity contribution < 1.29 is 23.7 Å². The molecule has 0 N–H and O–H groups in total. The molecule has 0 radical (unpaired) electrons. The first-order chi connectivity index (χ1) is 12.2. The second kappa shape index (κ2) is 6.55. The third-order valence-corrected chi connectivity index (χ3v) is 4.19. The zero-order chi connectivity index (χ0) is 17.2. The van der Waals surface area contributed by atoms with Crippen LogP contribution >= 0.6 is 0 Å². The molecular weight excluding hydrogens is 322 g/mol. The molecule has 130 valence electrons. The number of hydrogen-bond acceptors (Lipinski definition) is 5. The van der Waals surface area contributed by atoms with E-state index in [1.807, 2.05) is 36.4 Å². The van der Waals surface area contributed by atoms with Crippen LogP contribution in [-0.2, 0) is 11.3 Å². The number of carbonyl (C=O) groups excluding carboxylic acids is 1. The highest BCUT2D eigenvalue weighted by atomic mass is 16.6. The predicted molar refractivity (Wildman–Crippen MR) is 90.3 cm³/mol. The van der Waals surface area contributed by atoms with E-state index in [2.05, 4.69) is 0 Å². The molecule has 4 rings (SSSR count). The largest absolute Gasteiger partial charge is 0.486 e. The van der Waals surface area contributed by atoms with Gasteiger partial charge in [-0.05, 0) is 29.8 Å². The number of likely N-dealkylation sites (N-methyl/N-ethyl adjacent to an activating group) is 1. The Balaban J connectivity index is 1.43. The number of hydrogen-bond donors (Lipinski definition) is 0. The number of para-hydroxylation sites is 2. The van der Waals surface area contributed by atoms with Crippen LogP contribution in [-0.4, -0.2) is 43.8 Å². The first-order valence-corrected chi connectivity index (χ1v) is 8.23. The van der Waals surface area contributed by atoms with E-state index in [4.69, 9.17) is 18.9 Å². The fourth-order valence-electron chi connectivity index (χ4n) is 2.92. The maximum Gasteiger partial charge on any atom is 0.267 e. The number of amides is 1. The summed E-state index contributed by atoms with van der Waals surface area (Å²) in [5.41, 5.74) is 0.970. The van der Waals surface area contributed by atoms with Crippen molar-refractivity contribution in [3.8, 4) is 23.0 Å². The molecule has 6 heteroatoms. The Morgan fingerprint density at radius 1 is 1.00 bits per heavy atom. The van der Waals surface area contributed by atoms with E-state index in [9.17, 15) is 4.79 Å². The van der Waals surface area contributed by atoms with Crippen molar-refractivity contribution >= 4 is 5.91 Å². The molecule has 1 amide bonds. The molecule has 0 fully saturated rings. The van der Waals surface area contributed by atoms with E-state index in [0.717, 1.165) is 17.1 Å². The Kier molecular flexibility index (Phi) is 4.09. The van der Waals surface area contributed by atoms with Gasteiger partial charge in [0, 0.05) is 13.6 Å². The Morgan fingerprint density at radius 2 is 1.72 bits per heavy atom. The second-order valence-electron chi connectivity index (χ2n) is 6.04. The number of nitrogens with zero attached hydrogens (tertiary/aromatic N) is 1. The van der Waals surface area contributed by atoms with E-state index in [0.29, 0.717) is 31.3 Å². The third-order valence-electron chi connectivity index (χ3n) is 4.19. The summed E-state index contributed by atoms with van der Waals surface area (Å²) in [5, 5.41) is 0. The van der Waals surface area contributed by atoms with Gasteiger partial charge in [0.05, 0.1) is 0 Å². The maximum atomic E-state index is 12.7. The first kappa shape index (κ1) is 15.6. The summed E-state index contributed by atoms with van der Waals surface area (Å²) in [6.07, 6.45) is -0.642. The van der Waals surface area contributed by atoms with Crippen molar-refractivity contribution in [2.75, 3.05) is 26.9 Å². The molecule has 2 aromatic carbocycles. The van der Waals surface area contributed by atoms with Crippen molar-refractivity contribution in [3.63, 3.8) is 0 Å². The van der Waals surface area contributed by atoms with Crippen LogP contribution in [0, 0.1) is 0 Å². The predicted octanol–water partition coefficient (Wildman–Crippen LogP) is 2.26. The minimum absolute atomic E-state index is 0.121. The van der Waals surface area contributed by atoms with Gasteiger partial charge < -0.3 is 23.8 Å². The van der Waals surface area contributed by atoms with Crippen LogP contribution in [0.25, 0.3) is 0 Å². The molecule has 0 saturated carbocycles. The van der Waals surface area contributed by atoms with Crippen molar-refractivity contribution in [1.29, 1.82) is 0 Å². The average molecular weight is 341 g/mol. The molecular formula is C19H19NO5. The molecule has 0 spiro atoms. The monoisotopic (exact) mass is 341 g/mol. The van der Waals surface area contributed by atoms with Crippen LogP contribution in [0.4, 0.5) is 0 Å². The molecule has 0 aromatic heterocycles. The van der Waals surface area contributed by atoms with Crippen LogP contribution in [0.2, 0.25) is 0 Å². The lowest BCUT2D eigenvalue weighted by molar-refractivity contribution is -0.140. The van der Waals surface area contributed by atoms with Crippen molar-refractivity contribution in [3.05, 3.63) is 48.0 Å². The summed E-state index contributed by atoms with van der Waals surface area (Å²) in [5.74, 6) is 2.60. The second-order valence-corrected chi connectivity index (χ2v) is 6.04. The van der Waals surface area contributed by atoms with Crippen LogP contribution < -0.4 is 18.9 Å². The zero-order valence-electron chi connectivity index (χ0n) is 13.9. The fraction of sp³-hybridized carbons (Fsp3) is 0.316. The average Bonchev–Trinajstić information content (AvgIpc) is 2.67. The Bertz CT molecular complexity index is 791. The highest BCUT2D eigenvalue weighted by molar-refractivity contribution is 5.81. The first-order valence-electron chi connectivity index (χ1n) is 8.23. The van der Waals surface area contributed by atoms with Crippen LogP contribution in [0.5, 0.6) is 23.0 Å². The lowest BCUT2D eigenvalue weighted by atomic mass is 10.1. The van der Waals surface area contributed by atoms with Gasteiger partial charge in [-0.15, -0.1) is 0 Å².